The van der Waals surface area contributed by atoms with E-state index in [1.165, 1.54) is 11.8 Å². The molecule has 0 aliphatic rings. The summed E-state index contributed by atoms with van der Waals surface area (Å²) in [6.45, 7) is 0. The molecule has 2 aromatic rings. The second kappa shape index (κ2) is 5.30. The van der Waals surface area contributed by atoms with Gasteiger partial charge in [0, 0.05) is 25.8 Å². The van der Waals surface area contributed by atoms with E-state index in [1.54, 1.807) is 31.1 Å². The second-order valence-corrected chi connectivity index (χ2v) is 5.10. The molecule has 18 heavy (non-hydrogen) atoms. The van der Waals surface area contributed by atoms with Crippen LogP contribution >= 0.6 is 11.8 Å². The van der Waals surface area contributed by atoms with E-state index >= 15 is 0 Å². The average Bonchev–Trinajstić information content (AvgIpc) is 2.70. The van der Waals surface area contributed by atoms with Crippen molar-refractivity contribution >= 4 is 34.5 Å². The van der Waals surface area contributed by atoms with Gasteiger partial charge >= 0.3 is 0 Å². The molecule has 0 radical (unpaired) electrons. The Kier molecular flexibility index (Phi) is 3.76. The third kappa shape index (κ3) is 2.95. The Morgan fingerprint density at radius 1 is 1.50 bits per heavy atom. The van der Waals surface area contributed by atoms with E-state index in [0.717, 1.165) is 5.52 Å². The van der Waals surface area contributed by atoms with Crippen molar-refractivity contribution in [2.24, 2.45) is 0 Å². The van der Waals surface area contributed by atoms with Crippen LogP contribution in [0.2, 0.25) is 0 Å². The lowest BCUT2D eigenvalue weighted by molar-refractivity contribution is -0.125. The predicted molar refractivity (Wildman–Crippen MR) is 73.3 cm³/mol. The molecule has 0 aliphatic heterocycles. The van der Waals surface area contributed by atoms with Crippen LogP contribution in [0.25, 0.3) is 11.1 Å². The van der Waals surface area contributed by atoms with Crippen molar-refractivity contribution in [3.05, 3.63) is 24.1 Å². The average molecular weight is 265 g/mol. The van der Waals surface area contributed by atoms with Gasteiger partial charge in [0.2, 0.25) is 11.8 Å². The molecule has 0 unspecified atom stereocenters. The van der Waals surface area contributed by atoms with Crippen molar-refractivity contribution in [1.29, 1.82) is 0 Å². The normalized spacial score (nSPS) is 10.8. The molecular weight excluding hydrogens is 250 g/mol. The molecule has 0 saturated heterocycles. The summed E-state index contributed by atoms with van der Waals surface area (Å²) in [6.07, 6.45) is 0. The zero-order valence-corrected chi connectivity index (χ0v) is 11.2. The number of rotatable bonds is 4. The molecule has 5 nitrogen and oxygen atoms in total. The number of nitrogens with zero attached hydrogens (tertiary/aromatic N) is 2. The molecule has 0 spiro atoms. The minimum atomic E-state index is 0.0837. The third-order valence-electron chi connectivity index (χ3n) is 2.41. The van der Waals surface area contributed by atoms with Crippen molar-refractivity contribution < 1.29 is 9.21 Å². The summed E-state index contributed by atoms with van der Waals surface area (Å²) in [5, 5.41) is 0. The topological polar surface area (TPSA) is 72.4 Å². The van der Waals surface area contributed by atoms with Crippen molar-refractivity contribution in [2.45, 2.75) is 5.75 Å². The van der Waals surface area contributed by atoms with Gasteiger partial charge in [-0.15, -0.1) is 11.8 Å². The molecule has 1 heterocycles. The van der Waals surface area contributed by atoms with Crippen LogP contribution in [0.5, 0.6) is 0 Å². The highest BCUT2D eigenvalue weighted by Crippen LogP contribution is 2.21. The largest absolute Gasteiger partial charge is 0.440 e. The standard InChI is InChI=1S/C12H15N3O2S/c1-15(2)12(16)7-18-6-11-14-9-4-3-8(13)5-10(9)17-11/h3-5H,6-7,13H2,1-2H3. The Bertz CT molecular complexity index is 565. The maximum Gasteiger partial charge on any atom is 0.232 e. The number of fused-ring (bicyclic) bond motifs is 1. The zero-order chi connectivity index (χ0) is 13.1. The van der Waals surface area contributed by atoms with Gasteiger partial charge in [-0.1, -0.05) is 0 Å². The molecule has 6 heteroatoms. The summed E-state index contributed by atoms with van der Waals surface area (Å²) in [5.41, 5.74) is 7.79. The fourth-order valence-corrected chi connectivity index (χ4v) is 2.24. The molecule has 0 saturated carbocycles. The molecule has 0 fully saturated rings. The first-order valence-electron chi connectivity index (χ1n) is 5.49. The van der Waals surface area contributed by atoms with Crippen molar-refractivity contribution in [3.8, 4) is 0 Å². The Morgan fingerprint density at radius 3 is 3.00 bits per heavy atom. The van der Waals surface area contributed by atoms with E-state index in [-0.39, 0.29) is 5.91 Å². The number of amides is 1. The molecule has 0 atom stereocenters. The molecule has 1 aromatic heterocycles. The Morgan fingerprint density at radius 2 is 2.28 bits per heavy atom. The minimum absolute atomic E-state index is 0.0837. The Balaban J connectivity index is 1.98. The van der Waals surface area contributed by atoms with Gasteiger partial charge in [0.25, 0.3) is 0 Å². The minimum Gasteiger partial charge on any atom is -0.440 e. The first-order chi connectivity index (χ1) is 8.56. The number of nitrogens with two attached hydrogens (primary N) is 1. The van der Waals surface area contributed by atoms with E-state index in [0.29, 0.717) is 28.7 Å². The summed E-state index contributed by atoms with van der Waals surface area (Å²) < 4.78 is 5.55. The lowest BCUT2D eigenvalue weighted by Crippen LogP contribution is -2.23. The summed E-state index contributed by atoms with van der Waals surface area (Å²) in [4.78, 5) is 17.3. The monoisotopic (exact) mass is 265 g/mol. The summed E-state index contributed by atoms with van der Waals surface area (Å²) in [6, 6.07) is 5.37. The number of oxazole rings is 1. The molecule has 0 aliphatic carbocycles. The zero-order valence-electron chi connectivity index (χ0n) is 10.3. The van der Waals surface area contributed by atoms with Crippen molar-refractivity contribution in [3.63, 3.8) is 0 Å². The van der Waals surface area contributed by atoms with Gasteiger partial charge in [-0.05, 0) is 12.1 Å². The number of benzene rings is 1. The number of anilines is 1. The molecule has 1 amide bonds. The number of hydrogen-bond donors (Lipinski definition) is 1. The van der Waals surface area contributed by atoms with Crippen LogP contribution in [0, 0.1) is 0 Å². The maximum absolute atomic E-state index is 11.4. The van der Waals surface area contributed by atoms with Crippen LogP contribution in [-0.2, 0) is 10.5 Å². The SMILES string of the molecule is CN(C)C(=O)CSCc1nc2ccc(N)cc2o1. The number of nitrogen functional groups attached to an aromatic ring is 1. The van der Waals surface area contributed by atoms with E-state index in [4.69, 9.17) is 10.2 Å². The van der Waals surface area contributed by atoms with Gasteiger partial charge in [0.05, 0.1) is 11.5 Å². The van der Waals surface area contributed by atoms with Gasteiger partial charge in [-0.25, -0.2) is 4.98 Å². The van der Waals surface area contributed by atoms with E-state index in [9.17, 15) is 4.79 Å². The Labute approximate surface area is 109 Å². The van der Waals surface area contributed by atoms with E-state index < -0.39 is 0 Å². The number of aromatic nitrogens is 1. The van der Waals surface area contributed by atoms with Crippen LogP contribution in [-0.4, -0.2) is 35.6 Å². The molecule has 1 aromatic carbocycles. The molecule has 0 bridgehead atoms. The third-order valence-corrected chi connectivity index (χ3v) is 3.31. The van der Waals surface area contributed by atoms with Crippen molar-refractivity contribution in [2.75, 3.05) is 25.6 Å². The van der Waals surface area contributed by atoms with Gasteiger partial charge in [-0.3, -0.25) is 4.79 Å². The molecule has 96 valence electrons. The van der Waals surface area contributed by atoms with Crippen LogP contribution in [0.3, 0.4) is 0 Å². The predicted octanol–water partition coefficient (Wildman–Crippen LogP) is 1.73. The fourth-order valence-electron chi connectivity index (χ4n) is 1.41. The maximum atomic E-state index is 11.4. The van der Waals surface area contributed by atoms with Crippen LogP contribution in [0.1, 0.15) is 5.89 Å². The quantitative estimate of drug-likeness (QED) is 0.852. The number of carbonyl (C=O) groups excluding carboxylic acids is 1. The fraction of sp³-hybridized carbons (Fsp3) is 0.333. The lowest BCUT2D eigenvalue weighted by Gasteiger charge is -2.08. The molecule has 2 rings (SSSR count). The first-order valence-corrected chi connectivity index (χ1v) is 6.64. The van der Waals surface area contributed by atoms with Gasteiger partial charge < -0.3 is 15.1 Å². The first kappa shape index (κ1) is 12.8. The molecule has 2 N–H and O–H groups in total. The van der Waals surface area contributed by atoms with Gasteiger partial charge in [-0.2, -0.15) is 0 Å². The van der Waals surface area contributed by atoms with Crippen LogP contribution in [0.4, 0.5) is 5.69 Å². The lowest BCUT2D eigenvalue weighted by atomic mass is 10.3. The highest BCUT2D eigenvalue weighted by atomic mass is 32.2. The highest BCUT2D eigenvalue weighted by molar-refractivity contribution is 7.99. The second-order valence-electron chi connectivity index (χ2n) is 4.12. The number of thioether (sulfide) groups is 1. The van der Waals surface area contributed by atoms with Crippen LogP contribution in [0.15, 0.2) is 22.6 Å². The van der Waals surface area contributed by atoms with Crippen LogP contribution < -0.4 is 5.73 Å². The number of carbonyl (C=O) groups is 1. The van der Waals surface area contributed by atoms with Gasteiger partial charge in [0.1, 0.15) is 5.52 Å². The van der Waals surface area contributed by atoms with E-state index in [1.807, 2.05) is 6.07 Å². The Hall–Kier alpha value is -1.69. The number of hydrogen-bond acceptors (Lipinski definition) is 5. The summed E-state index contributed by atoms with van der Waals surface area (Å²) in [5.74, 6) is 1.70. The summed E-state index contributed by atoms with van der Waals surface area (Å²) in [7, 11) is 3.48. The smallest absolute Gasteiger partial charge is 0.232 e. The van der Waals surface area contributed by atoms with Crippen molar-refractivity contribution in [1.82, 2.24) is 9.88 Å². The van der Waals surface area contributed by atoms with E-state index in [2.05, 4.69) is 4.98 Å². The molecular formula is C12H15N3O2S. The van der Waals surface area contributed by atoms with Gasteiger partial charge in [0.15, 0.2) is 5.58 Å². The summed E-state index contributed by atoms with van der Waals surface area (Å²) >= 11 is 1.48. The highest BCUT2D eigenvalue weighted by Gasteiger charge is 2.08.